The topological polar surface area (TPSA) is 41.4 Å². The van der Waals surface area contributed by atoms with Gasteiger partial charge in [-0.3, -0.25) is 14.4 Å². The van der Waals surface area contributed by atoms with Crippen LogP contribution in [0.3, 0.4) is 0 Å². The average Bonchev–Trinajstić information content (AvgIpc) is 3.22. The number of hydrogen-bond acceptors (Lipinski definition) is 3. The molecule has 1 spiro atoms. The normalized spacial score (nSPS) is 21.8. The molecule has 30 heavy (non-hydrogen) atoms. The van der Waals surface area contributed by atoms with Gasteiger partial charge in [0.05, 0.1) is 11.6 Å². The van der Waals surface area contributed by atoms with Crippen molar-refractivity contribution in [3.05, 3.63) is 53.6 Å². The van der Waals surface area contributed by atoms with Crippen molar-refractivity contribution in [3.8, 4) is 0 Å². The van der Waals surface area contributed by atoms with E-state index in [1.165, 1.54) is 17.7 Å². The Bertz CT molecular complexity index is 868. The zero-order valence-electron chi connectivity index (χ0n) is 18.4. The molecule has 0 aliphatic carbocycles. The molecule has 2 aromatic rings. The monoisotopic (exact) mass is 412 g/mol. The Labute approximate surface area is 178 Å². The number of halogens is 1. The first-order chi connectivity index (χ1) is 14.3. The van der Waals surface area contributed by atoms with E-state index in [1.54, 1.807) is 0 Å². The summed E-state index contributed by atoms with van der Waals surface area (Å²) in [5, 5.41) is 4.26. The molecule has 4 rings (SSSR count). The number of likely N-dealkylation sites (tertiary alicyclic amines) is 2. The van der Waals surface area contributed by atoms with Crippen molar-refractivity contribution in [2.75, 3.05) is 19.6 Å². The first-order valence-electron chi connectivity index (χ1n) is 11.1. The summed E-state index contributed by atoms with van der Waals surface area (Å²) in [4.78, 5) is 18.1. The fourth-order valence-corrected chi connectivity index (χ4v) is 5.19. The number of benzene rings is 1. The van der Waals surface area contributed by atoms with Crippen molar-refractivity contribution >= 4 is 5.91 Å². The van der Waals surface area contributed by atoms with Crippen LogP contribution < -0.4 is 0 Å². The number of nitrogens with zero attached hydrogens (tertiary/aromatic N) is 4. The van der Waals surface area contributed by atoms with Crippen LogP contribution in [0.5, 0.6) is 0 Å². The Balaban J connectivity index is 1.45. The van der Waals surface area contributed by atoms with Gasteiger partial charge in [-0.2, -0.15) is 5.10 Å². The molecule has 2 saturated heterocycles. The molecule has 0 saturated carbocycles. The third kappa shape index (κ3) is 4.43. The second kappa shape index (κ2) is 8.50. The molecule has 2 fully saturated rings. The standard InChI is InChI=1S/C24H33FN4O/c1-18(2)15-29-22(12-19-4-6-21(25)7-5-19)13-24(23(29)30)8-10-28(11-9-24)17-20-14-26-27(3)16-20/h4-7,14,16,18,22H,8-13,15,17H2,1-3H3. The van der Waals surface area contributed by atoms with Gasteiger partial charge in [0.25, 0.3) is 0 Å². The van der Waals surface area contributed by atoms with Gasteiger partial charge in [0.1, 0.15) is 5.82 Å². The Kier molecular flexibility index (Phi) is 5.96. The summed E-state index contributed by atoms with van der Waals surface area (Å²) in [7, 11) is 1.94. The van der Waals surface area contributed by atoms with Crippen molar-refractivity contribution in [1.29, 1.82) is 0 Å². The molecule has 1 aromatic heterocycles. The van der Waals surface area contributed by atoms with Crippen LogP contribution in [0.25, 0.3) is 0 Å². The molecule has 5 nitrogen and oxygen atoms in total. The van der Waals surface area contributed by atoms with Crippen LogP contribution in [0.1, 0.15) is 44.2 Å². The lowest BCUT2D eigenvalue weighted by Crippen LogP contribution is -2.45. The second-order valence-corrected chi connectivity index (χ2v) is 9.62. The number of aryl methyl sites for hydroxylation is 1. The lowest BCUT2D eigenvalue weighted by Gasteiger charge is -2.38. The Morgan fingerprint density at radius 1 is 1.17 bits per heavy atom. The van der Waals surface area contributed by atoms with E-state index in [9.17, 15) is 9.18 Å². The summed E-state index contributed by atoms with van der Waals surface area (Å²) >= 11 is 0. The molecule has 3 heterocycles. The molecule has 0 N–H and O–H groups in total. The minimum atomic E-state index is -0.231. The van der Waals surface area contributed by atoms with E-state index in [1.807, 2.05) is 30.1 Å². The van der Waals surface area contributed by atoms with Crippen LogP contribution in [0, 0.1) is 17.2 Å². The van der Waals surface area contributed by atoms with E-state index in [0.29, 0.717) is 11.8 Å². The molecule has 2 aliphatic rings. The third-order valence-corrected chi connectivity index (χ3v) is 6.71. The van der Waals surface area contributed by atoms with Gasteiger partial charge < -0.3 is 4.90 Å². The summed E-state index contributed by atoms with van der Waals surface area (Å²) in [5.41, 5.74) is 2.10. The van der Waals surface area contributed by atoms with Crippen LogP contribution in [0.15, 0.2) is 36.7 Å². The van der Waals surface area contributed by atoms with E-state index < -0.39 is 0 Å². The third-order valence-electron chi connectivity index (χ3n) is 6.71. The number of hydrogen-bond donors (Lipinski definition) is 0. The van der Waals surface area contributed by atoms with Gasteiger partial charge in [-0.1, -0.05) is 26.0 Å². The van der Waals surface area contributed by atoms with Gasteiger partial charge in [-0.05, 0) is 62.4 Å². The first kappa shape index (κ1) is 21.0. The zero-order chi connectivity index (χ0) is 21.3. The molecule has 0 radical (unpaired) electrons. The zero-order valence-corrected chi connectivity index (χ0v) is 18.4. The minimum absolute atomic E-state index is 0.204. The van der Waals surface area contributed by atoms with Crippen LogP contribution in [0.2, 0.25) is 0 Å². The predicted molar refractivity (Wildman–Crippen MR) is 115 cm³/mol. The van der Waals surface area contributed by atoms with Gasteiger partial charge >= 0.3 is 0 Å². The second-order valence-electron chi connectivity index (χ2n) is 9.62. The Morgan fingerprint density at radius 3 is 2.47 bits per heavy atom. The number of rotatable bonds is 6. The number of aromatic nitrogens is 2. The maximum absolute atomic E-state index is 13.6. The molecule has 1 atom stereocenters. The largest absolute Gasteiger partial charge is 0.339 e. The van der Waals surface area contributed by atoms with Gasteiger partial charge in [-0.15, -0.1) is 0 Å². The van der Waals surface area contributed by atoms with Crippen LogP contribution >= 0.6 is 0 Å². The number of piperidine rings is 1. The number of carbonyl (C=O) groups is 1. The van der Waals surface area contributed by atoms with Crippen molar-refractivity contribution in [3.63, 3.8) is 0 Å². The van der Waals surface area contributed by atoms with E-state index in [2.05, 4.69) is 34.9 Å². The fraction of sp³-hybridized carbons (Fsp3) is 0.583. The minimum Gasteiger partial charge on any atom is -0.339 e. The fourth-order valence-electron chi connectivity index (χ4n) is 5.19. The SMILES string of the molecule is CC(C)CN1C(=O)C2(CCN(Cc3cnn(C)c3)CC2)CC1Cc1ccc(F)cc1. The molecule has 2 aliphatic heterocycles. The van der Waals surface area contributed by atoms with Crippen molar-refractivity contribution in [2.24, 2.45) is 18.4 Å². The Morgan fingerprint density at radius 2 is 1.87 bits per heavy atom. The van der Waals surface area contributed by atoms with Gasteiger partial charge in [0.15, 0.2) is 0 Å². The molecule has 1 amide bonds. The van der Waals surface area contributed by atoms with Crippen molar-refractivity contribution in [2.45, 2.75) is 52.1 Å². The summed E-state index contributed by atoms with van der Waals surface area (Å²) in [5.74, 6) is 0.563. The smallest absolute Gasteiger partial charge is 0.229 e. The average molecular weight is 413 g/mol. The highest BCUT2D eigenvalue weighted by atomic mass is 19.1. The molecular formula is C24H33FN4O. The number of amides is 1. The summed E-state index contributed by atoms with van der Waals surface area (Å²) < 4.78 is 15.2. The molecule has 1 aromatic carbocycles. The van der Waals surface area contributed by atoms with Gasteiger partial charge in [-0.25, -0.2) is 4.39 Å². The first-order valence-corrected chi connectivity index (χ1v) is 11.1. The molecule has 6 heteroatoms. The predicted octanol–water partition coefficient (Wildman–Crippen LogP) is 3.64. The van der Waals surface area contributed by atoms with Crippen LogP contribution in [-0.2, 0) is 24.8 Å². The van der Waals surface area contributed by atoms with E-state index >= 15 is 0 Å². The van der Waals surface area contributed by atoms with Crippen molar-refractivity contribution in [1.82, 2.24) is 19.6 Å². The lowest BCUT2D eigenvalue weighted by atomic mass is 9.75. The highest BCUT2D eigenvalue weighted by Gasteiger charge is 2.52. The molecule has 1 unspecified atom stereocenters. The van der Waals surface area contributed by atoms with Crippen LogP contribution in [-0.4, -0.2) is 51.2 Å². The lowest BCUT2D eigenvalue weighted by molar-refractivity contribution is -0.139. The molecule has 162 valence electrons. The molecule has 0 bridgehead atoms. The Hall–Kier alpha value is -2.21. The van der Waals surface area contributed by atoms with Crippen LogP contribution in [0.4, 0.5) is 4.39 Å². The molecular weight excluding hydrogens is 379 g/mol. The van der Waals surface area contributed by atoms with Gasteiger partial charge in [0.2, 0.25) is 5.91 Å². The maximum atomic E-state index is 13.6. The number of carbonyl (C=O) groups excluding carboxylic acids is 1. The summed E-state index contributed by atoms with van der Waals surface area (Å²) in [6.07, 6.45) is 7.54. The maximum Gasteiger partial charge on any atom is 0.229 e. The van der Waals surface area contributed by atoms with E-state index in [-0.39, 0.29) is 17.3 Å². The highest BCUT2D eigenvalue weighted by molar-refractivity contribution is 5.85. The van der Waals surface area contributed by atoms with E-state index in [4.69, 9.17) is 0 Å². The van der Waals surface area contributed by atoms with Crippen molar-refractivity contribution < 1.29 is 9.18 Å². The summed E-state index contributed by atoms with van der Waals surface area (Å²) in [6, 6.07) is 6.95. The van der Waals surface area contributed by atoms with E-state index in [0.717, 1.165) is 57.4 Å². The van der Waals surface area contributed by atoms with Gasteiger partial charge in [0, 0.05) is 37.9 Å². The summed E-state index contributed by atoms with van der Waals surface area (Å²) in [6.45, 7) is 7.92. The highest BCUT2D eigenvalue weighted by Crippen LogP contribution is 2.45. The quantitative estimate of drug-likeness (QED) is 0.727.